The third-order valence-corrected chi connectivity index (χ3v) is 6.03. The van der Waals surface area contributed by atoms with Crippen LogP contribution in [0.5, 0.6) is 17.2 Å². The Morgan fingerprint density at radius 3 is 2.35 bits per heavy atom. The summed E-state index contributed by atoms with van der Waals surface area (Å²) in [6.07, 6.45) is 0. The predicted molar refractivity (Wildman–Crippen MR) is 136 cm³/mol. The molecule has 0 aliphatic carbocycles. The summed E-state index contributed by atoms with van der Waals surface area (Å²) in [5.74, 6) is -0.871. The molecule has 0 radical (unpaired) electrons. The molecule has 0 spiro atoms. The largest absolute Gasteiger partial charge is 0.507 e. The average Bonchev–Trinajstić information content (AvgIpc) is 3.15. The number of nitrogens with zero attached hydrogens (tertiary/aromatic N) is 1. The maximum absolute atomic E-state index is 13.5. The van der Waals surface area contributed by atoms with E-state index in [1.807, 2.05) is 13.8 Å². The Labute approximate surface area is 214 Å². The molecule has 1 N–H and O–H groups in total. The number of methoxy groups -OCH3 is 1. The molecule has 1 amide bonds. The molecule has 1 aliphatic heterocycles. The lowest BCUT2D eigenvalue weighted by atomic mass is 9.94. The van der Waals surface area contributed by atoms with Gasteiger partial charge in [-0.05, 0) is 61.4 Å². The molecule has 1 unspecified atom stereocenters. The molecule has 4 rings (SSSR count). The first-order chi connectivity index (χ1) is 17.9. The number of halogens is 1. The average molecular weight is 506 g/mol. The van der Waals surface area contributed by atoms with Crippen LogP contribution < -0.4 is 14.2 Å². The van der Waals surface area contributed by atoms with E-state index in [1.54, 1.807) is 54.6 Å². The Balaban J connectivity index is 1.88. The number of aliphatic hydroxyl groups excluding tert-OH is 1. The molecule has 1 atom stereocenters. The number of rotatable bonds is 9. The molecule has 1 saturated heterocycles. The van der Waals surface area contributed by atoms with Crippen LogP contribution in [-0.4, -0.2) is 42.0 Å². The van der Waals surface area contributed by atoms with Gasteiger partial charge in [0.05, 0.1) is 31.9 Å². The van der Waals surface area contributed by atoms with Crippen LogP contribution in [0.25, 0.3) is 5.76 Å². The van der Waals surface area contributed by atoms with Crippen molar-refractivity contribution in [2.75, 3.05) is 20.3 Å². The fraction of sp³-hybridized carbons (Fsp3) is 0.241. The van der Waals surface area contributed by atoms with Gasteiger partial charge in [0, 0.05) is 12.1 Å². The Morgan fingerprint density at radius 1 is 0.946 bits per heavy atom. The molecule has 1 aliphatic rings. The van der Waals surface area contributed by atoms with Crippen LogP contribution >= 0.6 is 0 Å². The molecule has 1 heterocycles. The first-order valence-electron chi connectivity index (χ1n) is 11.9. The minimum atomic E-state index is -0.925. The number of Topliss-reactive ketones (excluding diaryl/α,β-unsaturated/α-hetero) is 1. The third kappa shape index (κ3) is 5.28. The smallest absolute Gasteiger partial charge is 0.295 e. The second-order valence-electron chi connectivity index (χ2n) is 8.36. The number of benzene rings is 3. The van der Waals surface area contributed by atoms with Crippen LogP contribution in [-0.2, 0) is 16.1 Å². The minimum absolute atomic E-state index is 0.0291. The van der Waals surface area contributed by atoms with E-state index < -0.39 is 23.5 Å². The van der Waals surface area contributed by atoms with E-state index in [9.17, 15) is 19.1 Å². The van der Waals surface area contributed by atoms with Crippen molar-refractivity contribution in [1.82, 2.24) is 4.90 Å². The van der Waals surface area contributed by atoms with Gasteiger partial charge < -0.3 is 24.2 Å². The van der Waals surface area contributed by atoms with Crippen LogP contribution in [0.15, 0.2) is 72.3 Å². The highest BCUT2D eigenvalue weighted by Crippen LogP contribution is 2.43. The lowest BCUT2D eigenvalue weighted by molar-refractivity contribution is -0.140. The van der Waals surface area contributed by atoms with Gasteiger partial charge >= 0.3 is 0 Å². The van der Waals surface area contributed by atoms with Gasteiger partial charge in [0.1, 0.15) is 17.3 Å². The molecule has 192 valence electrons. The van der Waals surface area contributed by atoms with Crippen molar-refractivity contribution < 1.29 is 33.3 Å². The van der Waals surface area contributed by atoms with E-state index in [1.165, 1.54) is 24.1 Å². The summed E-state index contributed by atoms with van der Waals surface area (Å²) in [5, 5.41) is 11.3. The van der Waals surface area contributed by atoms with Crippen molar-refractivity contribution in [2.24, 2.45) is 0 Å². The van der Waals surface area contributed by atoms with Gasteiger partial charge in [0.2, 0.25) is 0 Å². The Hall–Kier alpha value is -4.33. The normalized spacial score (nSPS) is 16.6. The Morgan fingerprint density at radius 2 is 1.68 bits per heavy atom. The highest BCUT2D eigenvalue weighted by Gasteiger charge is 2.46. The fourth-order valence-electron chi connectivity index (χ4n) is 4.36. The molecule has 3 aromatic rings. The third-order valence-electron chi connectivity index (χ3n) is 6.03. The summed E-state index contributed by atoms with van der Waals surface area (Å²) in [6, 6.07) is 16.6. The maximum Gasteiger partial charge on any atom is 0.295 e. The number of hydrogen-bond acceptors (Lipinski definition) is 6. The summed E-state index contributed by atoms with van der Waals surface area (Å²) in [4.78, 5) is 28.0. The zero-order chi connectivity index (χ0) is 26.5. The van der Waals surface area contributed by atoms with Crippen molar-refractivity contribution in [3.63, 3.8) is 0 Å². The summed E-state index contributed by atoms with van der Waals surface area (Å²) in [7, 11) is 1.52. The van der Waals surface area contributed by atoms with E-state index in [4.69, 9.17) is 14.2 Å². The van der Waals surface area contributed by atoms with Crippen molar-refractivity contribution in [3.05, 3.63) is 94.8 Å². The second-order valence-corrected chi connectivity index (χ2v) is 8.36. The van der Waals surface area contributed by atoms with Gasteiger partial charge in [0.25, 0.3) is 11.7 Å². The van der Waals surface area contributed by atoms with Crippen LogP contribution in [0, 0.1) is 5.82 Å². The monoisotopic (exact) mass is 505 g/mol. The van der Waals surface area contributed by atoms with Gasteiger partial charge in [-0.25, -0.2) is 4.39 Å². The number of ketones is 1. The number of amides is 1. The molecule has 0 aromatic heterocycles. The zero-order valence-corrected chi connectivity index (χ0v) is 20.9. The number of likely N-dealkylation sites (tertiary alicyclic amines) is 1. The quantitative estimate of drug-likeness (QED) is 0.243. The van der Waals surface area contributed by atoms with Crippen LogP contribution in [0.1, 0.15) is 36.6 Å². The number of aliphatic hydroxyl groups is 1. The summed E-state index contributed by atoms with van der Waals surface area (Å²) < 4.78 is 30.1. The van der Waals surface area contributed by atoms with Gasteiger partial charge in [-0.1, -0.05) is 30.3 Å². The fourth-order valence-corrected chi connectivity index (χ4v) is 4.36. The first kappa shape index (κ1) is 25.8. The molecular weight excluding hydrogens is 477 g/mol. The molecule has 37 heavy (non-hydrogen) atoms. The molecule has 0 bridgehead atoms. The predicted octanol–water partition coefficient (Wildman–Crippen LogP) is 5.25. The SMILES string of the molecule is CCOc1cccc(/C(O)=C2/C(=O)C(=O)N(Cc3ccc(F)cc3)C2c2ccc(OC)c(OCC)c2)c1. The van der Waals surface area contributed by atoms with Crippen LogP contribution in [0.4, 0.5) is 4.39 Å². The van der Waals surface area contributed by atoms with E-state index >= 15 is 0 Å². The Kier molecular flexibility index (Phi) is 7.77. The van der Waals surface area contributed by atoms with E-state index in [0.717, 1.165) is 0 Å². The number of ether oxygens (including phenoxy) is 3. The van der Waals surface area contributed by atoms with Crippen LogP contribution in [0.2, 0.25) is 0 Å². The lowest BCUT2D eigenvalue weighted by Gasteiger charge is -2.26. The topological polar surface area (TPSA) is 85.3 Å². The molecule has 1 fully saturated rings. The molecule has 0 saturated carbocycles. The second kappa shape index (κ2) is 11.2. The van der Waals surface area contributed by atoms with Gasteiger partial charge in [-0.3, -0.25) is 9.59 Å². The van der Waals surface area contributed by atoms with Crippen molar-refractivity contribution >= 4 is 17.4 Å². The molecule has 7 nitrogen and oxygen atoms in total. The van der Waals surface area contributed by atoms with Gasteiger partial charge in [0.15, 0.2) is 11.5 Å². The van der Waals surface area contributed by atoms with Crippen molar-refractivity contribution in [2.45, 2.75) is 26.4 Å². The standard InChI is InChI=1S/C29H28FNO6/c1-4-36-22-8-6-7-20(15-22)27(32)25-26(19-11-14-23(35-3)24(16-19)37-5-2)31(29(34)28(25)33)17-18-9-12-21(30)13-10-18/h6-16,26,32H,4-5,17H2,1-3H3/b27-25-. The number of carbonyl (C=O) groups excluding carboxylic acids is 2. The number of carbonyl (C=O) groups is 2. The first-order valence-corrected chi connectivity index (χ1v) is 11.9. The van der Waals surface area contributed by atoms with Gasteiger partial charge in [-0.2, -0.15) is 0 Å². The highest BCUT2D eigenvalue weighted by atomic mass is 19.1. The van der Waals surface area contributed by atoms with Crippen LogP contribution in [0.3, 0.4) is 0 Å². The molecular formula is C29H28FNO6. The molecule has 3 aromatic carbocycles. The number of hydrogen-bond donors (Lipinski definition) is 1. The Bertz CT molecular complexity index is 1330. The van der Waals surface area contributed by atoms with E-state index in [0.29, 0.717) is 47.2 Å². The van der Waals surface area contributed by atoms with Crippen molar-refractivity contribution in [1.29, 1.82) is 0 Å². The maximum atomic E-state index is 13.5. The highest BCUT2D eigenvalue weighted by molar-refractivity contribution is 6.46. The van der Waals surface area contributed by atoms with Crippen molar-refractivity contribution in [3.8, 4) is 17.2 Å². The molecule has 8 heteroatoms. The van der Waals surface area contributed by atoms with E-state index in [-0.39, 0.29) is 17.9 Å². The summed E-state index contributed by atoms with van der Waals surface area (Å²) >= 11 is 0. The lowest BCUT2D eigenvalue weighted by Crippen LogP contribution is -2.29. The summed E-state index contributed by atoms with van der Waals surface area (Å²) in [6.45, 7) is 4.50. The van der Waals surface area contributed by atoms with E-state index in [2.05, 4.69) is 0 Å². The zero-order valence-electron chi connectivity index (χ0n) is 20.9. The minimum Gasteiger partial charge on any atom is -0.507 e. The summed E-state index contributed by atoms with van der Waals surface area (Å²) in [5.41, 5.74) is 1.46. The van der Waals surface area contributed by atoms with Gasteiger partial charge in [-0.15, -0.1) is 0 Å².